The molecule has 0 saturated carbocycles. The Kier molecular flexibility index (Phi) is 3.21. The molecule has 2 heterocycles. The summed E-state index contributed by atoms with van der Waals surface area (Å²) in [5.41, 5.74) is 0.874. The van der Waals surface area contributed by atoms with Gasteiger partial charge >= 0.3 is 5.97 Å². The average molecular weight is 232 g/mol. The van der Waals surface area contributed by atoms with Crippen LogP contribution in [0.15, 0.2) is 17.8 Å². The molecule has 0 aliphatic carbocycles. The van der Waals surface area contributed by atoms with Crippen LogP contribution in [0.3, 0.4) is 0 Å². The molecule has 0 bridgehead atoms. The van der Waals surface area contributed by atoms with E-state index in [2.05, 4.69) is 15.2 Å². The first-order valence-electron chi connectivity index (χ1n) is 3.45. The number of aromatic amines is 1. The molecule has 7 heteroatoms. The molecule has 2 N–H and O–H groups in total. The topological polar surface area (TPSA) is 78.9 Å². The molecule has 0 atom stereocenters. The van der Waals surface area contributed by atoms with E-state index in [0.717, 1.165) is 5.56 Å². The lowest BCUT2D eigenvalue weighted by Gasteiger charge is -1.85. The first kappa shape index (κ1) is 10.7. The zero-order chi connectivity index (χ0) is 9.26. The Balaban J connectivity index is 0.000000980. The maximum absolute atomic E-state index is 10.5. The summed E-state index contributed by atoms with van der Waals surface area (Å²) in [6.07, 6.45) is 3.27. The Morgan fingerprint density at radius 1 is 1.57 bits per heavy atom. The van der Waals surface area contributed by atoms with E-state index in [1.54, 1.807) is 12.4 Å². The quantitative estimate of drug-likeness (QED) is 0.824. The highest BCUT2D eigenvalue weighted by Gasteiger charge is 2.09. The second-order valence-electron chi connectivity index (χ2n) is 2.33. The molecule has 0 aromatic carbocycles. The third-order valence-electron chi connectivity index (χ3n) is 1.47. The first-order chi connectivity index (χ1) is 6.27. The number of rotatable bonds is 2. The second-order valence-corrected chi connectivity index (χ2v) is 3.19. The van der Waals surface area contributed by atoms with Crippen LogP contribution in [0.1, 0.15) is 10.5 Å². The fourth-order valence-corrected chi connectivity index (χ4v) is 1.65. The first-order valence-corrected chi connectivity index (χ1v) is 4.33. The minimum atomic E-state index is -1.01. The largest absolute Gasteiger partial charge is 0.476 e. The maximum atomic E-state index is 10.5. The van der Waals surface area contributed by atoms with Gasteiger partial charge in [0.25, 0.3) is 0 Å². The smallest absolute Gasteiger partial charge is 0.355 e. The van der Waals surface area contributed by atoms with Gasteiger partial charge in [-0.2, -0.15) is 5.10 Å². The summed E-state index contributed by atoms with van der Waals surface area (Å²) in [7, 11) is 0. The molecule has 0 amide bonds. The van der Waals surface area contributed by atoms with Crippen LogP contribution < -0.4 is 0 Å². The minimum absolute atomic E-state index is 0. The van der Waals surface area contributed by atoms with Gasteiger partial charge in [0.05, 0.1) is 6.20 Å². The van der Waals surface area contributed by atoms with Gasteiger partial charge in [0.1, 0.15) is 5.01 Å². The summed E-state index contributed by atoms with van der Waals surface area (Å²) < 4.78 is 0. The van der Waals surface area contributed by atoms with Gasteiger partial charge in [-0.25, -0.2) is 9.78 Å². The Morgan fingerprint density at radius 3 is 2.86 bits per heavy atom. The van der Waals surface area contributed by atoms with Crippen molar-refractivity contribution in [3.63, 3.8) is 0 Å². The number of hydrogen-bond donors (Lipinski definition) is 2. The molecule has 0 aliphatic rings. The van der Waals surface area contributed by atoms with Gasteiger partial charge in [-0.3, -0.25) is 5.10 Å². The summed E-state index contributed by atoms with van der Waals surface area (Å²) in [5, 5.41) is 17.2. The lowest BCUT2D eigenvalue weighted by atomic mass is 10.4. The number of nitrogens with zero attached hydrogens (tertiary/aromatic N) is 2. The third-order valence-corrected chi connectivity index (χ3v) is 2.36. The van der Waals surface area contributed by atoms with E-state index in [0.29, 0.717) is 5.01 Å². The van der Waals surface area contributed by atoms with Crippen LogP contribution in [0, 0.1) is 0 Å². The number of nitrogens with one attached hydrogen (secondary N) is 1. The molecule has 2 aromatic heterocycles. The molecule has 74 valence electrons. The number of carboxylic acid groups (broad SMARTS) is 1. The number of hydrogen-bond acceptors (Lipinski definition) is 4. The molecule has 0 unspecified atom stereocenters. The van der Waals surface area contributed by atoms with E-state index >= 15 is 0 Å². The van der Waals surface area contributed by atoms with E-state index in [-0.39, 0.29) is 18.1 Å². The van der Waals surface area contributed by atoms with Crippen molar-refractivity contribution >= 4 is 29.7 Å². The molecule has 0 saturated heterocycles. The molecular formula is C7H6ClN3O2S. The number of halogens is 1. The average Bonchev–Trinajstić information content (AvgIpc) is 2.75. The third kappa shape index (κ3) is 1.91. The van der Waals surface area contributed by atoms with Crippen molar-refractivity contribution in [1.82, 2.24) is 15.2 Å². The van der Waals surface area contributed by atoms with Gasteiger partial charge in [0.15, 0.2) is 5.69 Å². The van der Waals surface area contributed by atoms with E-state index in [9.17, 15) is 4.79 Å². The van der Waals surface area contributed by atoms with Crippen LogP contribution in [0.25, 0.3) is 10.6 Å². The fourth-order valence-electron chi connectivity index (χ4n) is 0.872. The summed E-state index contributed by atoms with van der Waals surface area (Å²) in [5.74, 6) is -1.01. The van der Waals surface area contributed by atoms with Gasteiger partial charge in [0, 0.05) is 17.1 Å². The zero-order valence-corrected chi connectivity index (χ0v) is 8.43. The molecule has 0 radical (unpaired) electrons. The maximum Gasteiger partial charge on any atom is 0.355 e. The molecule has 2 aromatic rings. The standard InChI is InChI=1S/C7H5N3O2S.ClH/c11-7(12)5-3-13-6(10-5)4-1-8-9-2-4;/h1-3H,(H,8,9)(H,11,12);1H. The van der Waals surface area contributed by atoms with Crippen LogP contribution in [-0.2, 0) is 0 Å². The molecule has 0 aliphatic heterocycles. The normalized spacial score (nSPS) is 9.43. The van der Waals surface area contributed by atoms with Crippen LogP contribution in [0.4, 0.5) is 0 Å². The van der Waals surface area contributed by atoms with Crippen molar-refractivity contribution in [2.75, 3.05) is 0 Å². The van der Waals surface area contributed by atoms with Crippen molar-refractivity contribution in [2.45, 2.75) is 0 Å². The minimum Gasteiger partial charge on any atom is -0.476 e. The van der Waals surface area contributed by atoms with Crippen LogP contribution in [-0.4, -0.2) is 26.3 Å². The molecule has 0 spiro atoms. The van der Waals surface area contributed by atoms with E-state index in [4.69, 9.17) is 5.11 Å². The van der Waals surface area contributed by atoms with Crippen LogP contribution in [0.2, 0.25) is 0 Å². The zero-order valence-electron chi connectivity index (χ0n) is 6.80. The van der Waals surface area contributed by atoms with Crippen molar-refractivity contribution in [2.24, 2.45) is 0 Å². The SMILES string of the molecule is Cl.O=C(O)c1csc(-c2cn[nH]c2)n1. The van der Waals surface area contributed by atoms with Gasteiger partial charge in [-0.05, 0) is 0 Å². The monoisotopic (exact) mass is 231 g/mol. The summed E-state index contributed by atoms with van der Waals surface area (Å²) >= 11 is 1.28. The number of carboxylic acids is 1. The predicted octanol–water partition coefficient (Wildman–Crippen LogP) is 1.65. The lowest BCUT2D eigenvalue weighted by Crippen LogP contribution is -1.95. The Hall–Kier alpha value is -1.40. The summed E-state index contributed by atoms with van der Waals surface area (Å²) in [4.78, 5) is 14.4. The van der Waals surface area contributed by atoms with Crippen molar-refractivity contribution in [3.8, 4) is 10.6 Å². The van der Waals surface area contributed by atoms with Crippen molar-refractivity contribution in [3.05, 3.63) is 23.5 Å². The van der Waals surface area contributed by atoms with Gasteiger partial charge in [-0.1, -0.05) is 0 Å². The Bertz CT molecular complexity index is 426. The second kappa shape index (κ2) is 4.21. The van der Waals surface area contributed by atoms with Crippen LogP contribution >= 0.6 is 23.7 Å². The van der Waals surface area contributed by atoms with E-state index in [1.165, 1.54) is 16.7 Å². The number of aromatic nitrogens is 3. The van der Waals surface area contributed by atoms with E-state index in [1.807, 2.05) is 0 Å². The molecule has 0 fully saturated rings. The van der Waals surface area contributed by atoms with Crippen molar-refractivity contribution in [1.29, 1.82) is 0 Å². The molecule has 5 nitrogen and oxygen atoms in total. The highest BCUT2D eigenvalue weighted by atomic mass is 35.5. The highest BCUT2D eigenvalue weighted by Crippen LogP contribution is 2.21. The van der Waals surface area contributed by atoms with E-state index < -0.39 is 5.97 Å². The number of H-pyrrole nitrogens is 1. The Labute approximate surface area is 89.2 Å². The molecular weight excluding hydrogens is 226 g/mol. The Morgan fingerprint density at radius 2 is 2.36 bits per heavy atom. The number of carbonyl (C=O) groups is 1. The van der Waals surface area contributed by atoms with Gasteiger partial charge in [-0.15, -0.1) is 23.7 Å². The molecule has 2 rings (SSSR count). The van der Waals surface area contributed by atoms with Crippen LogP contribution in [0.5, 0.6) is 0 Å². The fraction of sp³-hybridized carbons (Fsp3) is 0. The van der Waals surface area contributed by atoms with Gasteiger partial charge in [0.2, 0.25) is 0 Å². The summed E-state index contributed by atoms with van der Waals surface area (Å²) in [6.45, 7) is 0. The lowest BCUT2D eigenvalue weighted by molar-refractivity contribution is 0.0691. The predicted molar refractivity (Wildman–Crippen MR) is 53.9 cm³/mol. The number of aromatic carboxylic acids is 1. The molecule has 14 heavy (non-hydrogen) atoms. The number of thiazole rings is 1. The summed E-state index contributed by atoms with van der Waals surface area (Å²) in [6, 6.07) is 0. The highest BCUT2D eigenvalue weighted by molar-refractivity contribution is 7.13. The van der Waals surface area contributed by atoms with Crippen molar-refractivity contribution < 1.29 is 9.90 Å². The van der Waals surface area contributed by atoms with Gasteiger partial charge < -0.3 is 5.11 Å².